The minimum Gasteiger partial charge on any atom is -0.493 e. The second-order valence-electron chi connectivity index (χ2n) is 7.05. The highest BCUT2D eigenvalue weighted by Gasteiger charge is 2.16. The molecule has 0 spiro atoms. The fourth-order valence-corrected chi connectivity index (χ4v) is 3.06. The fourth-order valence-electron chi connectivity index (χ4n) is 2.93. The molecule has 3 rings (SSSR count). The van der Waals surface area contributed by atoms with Gasteiger partial charge in [-0.2, -0.15) is 0 Å². The van der Waals surface area contributed by atoms with Crippen LogP contribution >= 0.6 is 11.6 Å². The van der Waals surface area contributed by atoms with Gasteiger partial charge >= 0.3 is 0 Å². The van der Waals surface area contributed by atoms with Crippen LogP contribution in [0.25, 0.3) is 6.08 Å². The number of amides is 2. The van der Waals surface area contributed by atoms with Crippen LogP contribution < -0.4 is 20.1 Å². The molecule has 8 heteroatoms. The molecular weight excluding hydrogens is 447 g/mol. The fraction of sp³-hybridized carbons (Fsp3) is 0.120. The summed E-state index contributed by atoms with van der Waals surface area (Å²) in [5, 5.41) is 5.70. The molecule has 170 valence electrons. The maximum Gasteiger partial charge on any atom is 0.272 e. The first-order valence-electron chi connectivity index (χ1n) is 9.89. The predicted molar refractivity (Wildman–Crippen MR) is 126 cm³/mol. The van der Waals surface area contributed by atoms with E-state index in [0.29, 0.717) is 33.2 Å². The summed E-state index contributed by atoms with van der Waals surface area (Å²) in [7, 11) is 3.01. The van der Waals surface area contributed by atoms with Gasteiger partial charge in [0.05, 0.1) is 14.2 Å². The first-order chi connectivity index (χ1) is 15.8. The third-order valence-corrected chi connectivity index (χ3v) is 5.00. The van der Waals surface area contributed by atoms with Crippen molar-refractivity contribution in [3.05, 3.63) is 93.9 Å². The molecular formula is C25H22ClFN2O4. The molecule has 0 aliphatic heterocycles. The largest absolute Gasteiger partial charge is 0.493 e. The average molecular weight is 469 g/mol. The number of benzene rings is 3. The molecule has 0 aromatic heterocycles. The lowest BCUT2D eigenvalue weighted by Crippen LogP contribution is -2.30. The summed E-state index contributed by atoms with van der Waals surface area (Å²) in [5.41, 5.74) is 1.53. The highest BCUT2D eigenvalue weighted by atomic mass is 35.5. The Kier molecular flexibility index (Phi) is 7.69. The first kappa shape index (κ1) is 23.8. The zero-order valence-electron chi connectivity index (χ0n) is 18.2. The number of hydrogen-bond donors (Lipinski definition) is 2. The molecule has 0 saturated heterocycles. The van der Waals surface area contributed by atoms with Crippen LogP contribution in [0.4, 0.5) is 10.1 Å². The highest BCUT2D eigenvalue weighted by molar-refractivity contribution is 6.30. The summed E-state index contributed by atoms with van der Waals surface area (Å²) < 4.78 is 24.5. The molecule has 2 amide bonds. The summed E-state index contributed by atoms with van der Waals surface area (Å²) in [5.74, 6) is -0.626. The lowest BCUT2D eigenvalue weighted by molar-refractivity contribution is -0.113. The van der Waals surface area contributed by atoms with Crippen LogP contribution in [0.1, 0.15) is 21.5 Å². The minimum absolute atomic E-state index is 0.0526. The van der Waals surface area contributed by atoms with Crippen LogP contribution in [0.2, 0.25) is 5.02 Å². The van der Waals surface area contributed by atoms with E-state index in [9.17, 15) is 14.0 Å². The van der Waals surface area contributed by atoms with E-state index in [2.05, 4.69) is 10.6 Å². The van der Waals surface area contributed by atoms with E-state index in [4.69, 9.17) is 21.1 Å². The number of hydrogen-bond acceptors (Lipinski definition) is 4. The summed E-state index contributed by atoms with van der Waals surface area (Å²) >= 11 is 5.89. The van der Waals surface area contributed by atoms with Gasteiger partial charge < -0.3 is 20.1 Å². The number of rotatable bonds is 7. The van der Waals surface area contributed by atoms with Crippen LogP contribution in [0.3, 0.4) is 0 Å². The summed E-state index contributed by atoms with van der Waals surface area (Å²) in [6, 6.07) is 15.6. The van der Waals surface area contributed by atoms with Gasteiger partial charge in [-0.3, -0.25) is 9.59 Å². The third kappa shape index (κ3) is 6.11. The van der Waals surface area contributed by atoms with Gasteiger partial charge in [0.2, 0.25) is 0 Å². The predicted octanol–water partition coefficient (Wildman–Crippen LogP) is 5.21. The molecule has 0 saturated carbocycles. The maximum atomic E-state index is 13.9. The first-order valence-corrected chi connectivity index (χ1v) is 10.3. The molecule has 0 aliphatic carbocycles. The van der Waals surface area contributed by atoms with Crippen molar-refractivity contribution in [2.75, 3.05) is 19.5 Å². The van der Waals surface area contributed by atoms with E-state index in [1.807, 2.05) is 0 Å². The van der Waals surface area contributed by atoms with E-state index < -0.39 is 17.6 Å². The number of methoxy groups -OCH3 is 2. The Morgan fingerprint density at radius 3 is 2.27 bits per heavy atom. The van der Waals surface area contributed by atoms with Crippen molar-refractivity contribution in [1.82, 2.24) is 5.32 Å². The average Bonchev–Trinajstić information content (AvgIpc) is 2.81. The van der Waals surface area contributed by atoms with Gasteiger partial charge in [-0.25, -0.2) is 4.39 Å². The lowest BCUT2D eigenvalue weighted by Gasteiger charge is -2.13. The molecule has 2 N–H and O–H groups in total. The van der Waals surface area contributed by atoms with Crippen molar-refractivity contribution < 1.29 is 23.5 Å². The quantitative estimate of drug-likeness (QED) is 0.466. The molecule has 0 aliphatic rings. The number of carbonyl (C=O) groups excluding carboxylic acids is 2. The van der Waals surface area contributed by atoms with E-state index in [1.54, 1.807) is 61.5 Å². The Morgan fingerprint density at radius 2 is 1.64 bits per heavy atom. The van der Waals surface area contributed by atoms with Crippen LogP contribution in [-0.4, -0.2) is 26.0 Å². The Bertz CT molecular complexity index is 1210. The van der Waals surface area contributed by atoms with Gasteiger partial charge in [0.15, 0.2) is 11.5 Å². The van der Waals surface area contributed by atoms with Crippen LogP contribution in [-0.2, 0) is 4.79 Å². The van der Waals surface area contributed by atoms with E-state index >= 15 is 0 Å². The number of anilines is 1. The topological polar surface area (TPSA) is 76.7 Å². The van der Waals surface area contributed by atoms with Crippen molar-refractivity contribution >= 4 is 35.2 Å². The standard InChI is InChI=1S/C25H22ClFN2O4/c1-15-4-10-19(14-20(15)27)28-25(31)21(29-24(30)17-6-8-18(26)9-7-17)12-16-5-11-22(32-2)23(13-16)33-3/h4-14H,1-3H3,(H,28,31)(H,29,30)/b21-12-. The number of aryl methyl sites for hydroxylation is 1. The maximum absolute atomic E-state index is 13.9. The van der Waals surface area contributed by atoms with Gasteiger partial charge in [0.1, 0.15) is 11.5 Å². The molecule has 0 heterocycles. The zero-order valence-corrected chi connectivity index (χ0v) is 19.0. The van der Waals surface area contributed by atoms with Crippen molar-refractivity contribution in [3.63, 3.8) is 0 Å². The Hall–Kier alpha value is -3.84. The Labute approximate surface area is 196 Å². The summed E-state index contributed by atoms with van der Waals surface area (Å²) in [6.07, 6.45) is 1.48. The van der Waals surface area contributed by atoms with Crippen molar-refractivity contribution in [2.45, 2.75) is 6.92 Å². The van der Waals surface area contributed by atoms with Crippen molar-refractivity contribution in [1.29, 1.82) is 0 Å². The van der Waals surface area contributed by atoms with Gasteiger partial charge in [0, 0.05) is 16.3 Å². The molecule has 6 nitrogen and oxygen atoms in total. The van der Waals surface area contributed by atoms with Crippen molar-refractivity contribution in [3.8, 4) is 11.5 Å². The third-order valence-electron chi connectivity index (χ3n) is 4.75. The summed E-state index contributed by atoms with van der Waals surface area (Å²) in [6.45, 7) is 1.62. The van der Waals surface area contributed by atoms with E-state index in [-0.39, 0.29) is 11.4 Å². The lowest BCUT2D eigenvalue weighted by atomic mass is 10.1. The number of ether oxygens (including phenoxy) is 2. The van der Waals surface area contributed by atoms with Crippen LogP contribution in [0, 0.1) is 12.7 Å². The molecule has 0 fully saturated rings. The molecule has 0 unspecified atom stereocenters. The van der Waals surface area contributed by atoms with Gasteiger partial charge in [0.25, 0.3) is 11.8 Å². The SMILES string of the molecule is COc1ccc(/C=C(\NC(=O)c2ccc(Cl)cc2)C(=O)Nc2ccc(C)c(F)c2)cc1OC. The highest BCUT2D eigenvalue weighted by Crippen LogP contribution is 2.28. The molecule has 0 bridgehead atoms. The second kappa shape index (κ2) is 10.7. The van der Waals surface area contributed by atoms with Crippen LogP contribution in [0.5, 0.6) is 11.5 Å². The molecule has 0 radical (unpaired) electrons. The van der Waals surface area contributed by atoms with Gasteiger partial charge in [-0.15, -0.1) is 0 Å². The van der Waals surface area contributed by atoms with E-state index in [0.717, 1.165) is 0 Å². The van der Waals surface area contributed by atoms with Crippen LogP contribution in [0.15, 0.2) is 66.4 Å². The smallest absolute Gasteiger partial charge is 0.272 e. The monoisotopic (exact) mass is 468 g/mol. The molecule has 3 aromatic rings. The number of nitrogens with one attached hydrogen (secondary N) is 2. The zero-order chi connectivity index (χ0) is 24.0. The number of halogens is 2. The van der Waals surface area contributed by atoms with Crippen molar-refractivity contribution in [2.24, 2.45) is 0 Å². The Morgan fingerprint density at radius 1 is 0.939 bits per heavy atom. The minimum atomic E-state index is -0.629. The molecule has 0 atom stereocenters. The second-order valence-corrected chi connectivity index (χ2v) is 7.49. The molecule has 33 heavy (non-hydrogen) atoms. The number of carbonyl (C=O) groups is 2. The van der Waals surface area contributed by atoms with Gasteiger partial charge in [-0.05, 0) is 72.7 Å². The molecule has 3 aromatic carbocycles. The van der Waals surface area contributed by atoms with Gasteiger partial charge in [-0.1, -0.05) is 23.7 Å². The Balaban J connectivity index is 1.94. The normalized spacial score (nSPS) is 11.0. The summed E-state index contributed by atoms with van der Waals surface area (Å²) in [4.78, 5) is 25.8. The van der Waals surface area contributed by atoms with E-state index in [1.165, 1.54) is 26.4 Å².